The van der Waals surface area contributed by atoms with Gasteiger partial charge < -0.3 is 19.6 Å². The molecule has 3 heterocycles. The zero-order valence-corrected chi connectivity index (χ0v) is 16.1. The standard InChI is InChI=1S/C21H24N4O3/c1-13-19(28-14(2)24-13)21(27)25-10-8-16(12-25)20(26)22-9-7-15-11-23-18-6-4-3-5-17(15)18/h3-6,11,16,23H,7-10,12H2,1-2H3,(H,22,26)/t16-/m1/s1. The van der Waals surface area contributed by atoms with Crippen LogP contribution in [0, 0.1) is 19.8 Å². The lowest BCUT2D eigenvalue weighted by Crippen LogP contribution is -2.35. The van der Waals surface area contributed by atoms with Crippen molar-refractivity contribution in [2.45, 2.75) is 26.7 Å². The number of likely N-dealkylation sites (tertiary alicyclic amines) is 1. The van der Waals surface area contributed by atoms with Gasteiger partial charge in [0.2, 0.25) is 11.7 Å². The van der Waals surface area contributed by atoms with Gasteiger partial charge in [0.05, 0.1) is 11.6 Å². The lowest BCUT2D eigenvalue weighted by Gasteiger charge is -2.15. The smallest absolute Gasteiger partial charge is 0.291 e. The largest absolute Gasteiger partial charge is 0.436 e. The molecular weight excluding hydrogens is 356 g/mol. The van der Waals surface area contributed by atoms with E-state index in [9.17, 15) is 9.59 Å². The molecule has 2 N–H and O–H groups in total. The fraction of sp³-hybridized carbons (Fsp3) is 0.381. The quantitative estimate of drug-likeness (QED) is 0.712. The number of hydrogen-bond donors (Lipinski definition) is 2. The molecule has 1 saturated heterocycles. The number of aromatic amines is 1. The van der Waals surface area contributed by atoms with Gasteiger partial charge in [-0.1, -0.05) is 18.2 Å². The second-order valence-corrected chi connectivity index (χ2v) is 7.28. The number of rotatable bonds is 5. The average molecular weight is 380 g/mol. The molecule has 1 aromatic carbocycles. The van der Waals surface area contributed by atoms with E-state index < -0.39 is 0 Å². The molecular formula is C21H24N4O3. The number of fused-ring (bicyclic) bond motifs is 1. The van der Waals surface area contributed by atoms with Gasteiger partial charge in [0.15, 0.2) is 5.89 Å². The molecule has 4 rings (SSSR count). The van der Waals surface area contributed by atoms with E-state index in [-0.39, 0.29) is 23.5 Å². The van der Waals surface area contributed by atoms with Crippen LogP contribution < -0.4 is 5.32 Å². The second kappa shape index (κ2) is 7.50. The molecule has 1 aliphatic heterocycles. The van der Waals surface area contributed by atoms with Gasteiger partial charge in [0, 0.05) is 43.7 Å². The highest BCUT2D eigenvalue weighted by Crippen LogP contribution is 2.21. The van der Waals surface area contributed by atoms with E-state index in [1.807, 2.05) is 24.4 Å². The maximum absolute atomic E-state index is 12.6. The van der Waals surface area contributed by atoms with E-state index in [0.717, 1.165) is 11.9 Å². The number of aromatic nitrogens is 2. The van der Waals surface area contributed by atoms with Crippen molar-refractivity contribution in [2.75, 3.05) is 19.6 Å². The van der Waals surface area contributed by atoms with Crippen LogP contribution in [0.1, 0.15) is 34.1 Å². The summed E-state index contributed by atoms with van der Waals surface area (Å²) in [7, 11) is 0. The Morgan fingerprint density at radius 1 is 1.32 bits per heavy atom. The molecule has 0 spiro atoms. The first-order chi connectivity index (χ1) is 13.5. The number of hydrogen-bond acceptors (Lipinski definition) is 4. The van der Waals surface area contributed by atoms with E-state index in [4.69, 9.17) is 4.42 Å². The molecule has 1 fully saturated rings. The summed E-state index contributed by atoms with van der Waals surface area (Å²) in [6.45, 7) is 5.02. The molecule has 7 heteroatoms. The minimum atomic E-state index is -0.188. The van der Waals surface area contributed by atoms with Crippen molar-refractivity contribution in [2.24, 2.45) is 5.92 Å². The molecule has 3 aromatic rings. The summed E-state index contributed by atoms with van der Waals surface area (Å²) in [5, 5.41) is 4.20. The highest BCUT2D eigenvalue weighted by Gasteiger charge is 2.33. The van der Waals surface area contributed by atoms with Gasteiger partial charge in [0.25, 0.3) is 5.91 Å². The fourth-order valence-corrected chi connectivity index (χ4v) is 3.84. The molecule has 2 amide bonds. The molecule has 0 unspecified atom stereocenters. The summed E-state index contributed by atoms with van der Waals surface area (Å²) < 4.78 is 5.42. The molecule has 2 aromatic heterocycles. The topological polar surface area (TPSA) is 91.2 Å². The summed E-state index contributed by atoms with van der Waals surface area (Å²) in [5.41, 5.74) is 2.89. The molecule has 0 bridgehead atoms. The number of benzene rings is 1. The molecule has 28 heavy (non-hydrogen) atoms. The van der Waals surface area contributed by atoms with E-state index in [1.165, 1.54) is 10.9 Å². The van der Waals surface area contributed by atoms with Crippen LogP contribution >= 0.6 is 0 Å². The molecule has 0 aliphatic carbocycles. The predicted octanol–water partition coefficient (Wildman–Crippen LogP) is 2.59. The Morgan fingerprint density at radius 3 is 2.93 bits per heavy atom. The zero-order chi connectivity index (χ0) is 19.7. The number of carbonyl (C=O) groups is 2. The number of nitrogens with one attached hydrogen (secondary N) is 2. The van der Waals surface area contributed by atoms with Gasteiger partial charge >= 0.3 is 0 Å². The van der Waals surface area contributed by atoms with E-state index in [2.05, 4.69) is 21.4 Å². The normalized spacial score (nSPS) is 16.6. The third-order valence-electron chi connectivity index (χ3n) is 5.31. The van der Waals surface area contributed by atoms with Crippen LogP contribution in [0.3, 0.4) is 0 Å². The van der Waals surface area contributed by atoms with Gasteiger partial charge in [-0.05, 0) is 31.4 Å². The zero-order valence-electron chi connectivity index (χ0n) is 16.1. The maximum atomic E-state index is 12.6. The summed E-state index contributed by atoms with van der Waals surface area (Å²) in [6.07, 6.45) is 3.42. The SMILES string of the molecule is Cc1nc(C)c(C(=O)N2CC[C@@H](C(=O)NCCc3c[nH]c4ccccc34)C2)o1. The first-order valence-electron chi connectivity index (χ1n) is 9.59. The average Bonchev–Trinajstić information content (AvgIpc) is 3.40. The Morgan fingerprint density at radius 2 is 2.14 bits per heavy atom. The minimum Gasteiger partial charge on any atom is -0.436 e. The molecule has 0 radical (unpaired) electrons. The van der Waals surface area contributed by atoms with Gasteiger partial charge in [-0.25, -0.2) is 4.98 Å². The van der Waals surface area contributed by atoms with Crippen molar-refractivity contribution in [3.63, 3.8) is 0 Å². The first-order valence-corrected chi connectivity index (χ1v) is 9.59. The van der Waals surface area contributed by atoms with Crippen LogP contribution in [0.25, 0.3) is 10.9 Å². The monoisotopic (exact) mass is 380 g/mol. The van der Waals surface area contributed by atoms with Gasteiger partial charge in [-0.15, -0.1) is 0 Å². The van der Waals surface area contributed by atoms with Gasteiger partial charge in [-0.3, -0.25) is 9.59 Å². The number of H-pyrrole nitrogens is 1. The molecule has 146 valence electrons. The lowest BCUT2D eigenvalue weighted by atomic mass is 10.1. The van der Waals surface area contributed by atoms with Gasteiger partial charge in [0.1, 0.15) is 0 Å². The van der Waals surface area contributed by atoms with Crippen molar-refractivity contribution in [3.05, 3.63) is 53.4 Å². The third kappa shape index (κ3) is 3.52. The van der Waals surface area contributed by atoms with Crippen molar-refractivity contribution in [1.82, 2.24) is 20.2 Å². The number of aryl methyl sites for hydroxylation is 2. The molecule has 0 saturated carbocycles. The van der Waals surface area contributed by atoms with Crippen molar-refractivity contribution in [1.29, 1.82) is 0 Å². The van der Waals surface area contributed by atoms with Crippen molar-refractivity contribution >= 4 is 22.7 Å². The highest BCUT2D eigenvalue weighted by molar-refractivity contribution is 5.93. The van der Waals surface area contributed by atoms with Crippen molar-refractivity contribution < 1.29 is 14.0 Å². The predicted molar refractivity (Wildman–Crippen MR) is 105 cm³/mol. The van der Waals surface area contributed by atoms with Crippen LogP contribution in [0.4, 0.5) is 0 Å². The third-order valence-corrected chi connectivity index (χ3v) is 5.31. The van der Waals surface area contributed by atoms with Crippen LogP contribution in [-0.4, -0.2) is 46.3 Å². The number of carbonyl (C=O) groups excluding carboxylic acids is 2. The number of amides is 2. The Bertz CT molecular complexity index is 1020. The van der Waals surface area contributed by atoms with Crippen LogP contribution in [-0.2, 0) is 11.2 Å². The van der Waals surface area contributed by atoms with E-state index in [1.54, 1.807) is 18.7 Å². The maximum Gasteiger partial charge on any atom is 0.291 e. The summed E-state index contributed by atoms with van der Waals surface area (Å²) in [5.74, 6) is 0.383. The second-order valence-electron chi connectivity index (χ2n) is 7.28. The Balaban J connectivity index is 1.30. The molecule has 1 aliphatic rings. The number of nitrogens with zero attached hydrogens (tertiary/aromatic N) is 2. The minimum absolute atomic E-state index is 0.000568. The Labute approximate surface area is 163 Å². The first kappa shape index (κ1) is 18.3. The van der Waals surface area contributed by atoms with Crippen LogP contribution in [0.5, 0.6) is 0 Å². The fourth-order valence-electron chi connectivity index (χ4n) is 3.84. The summed E-state index contributed by atoms with van der Waals surface area (Å²) in [4.78, 5) is 34.2. The summed E-state index contributed by atoms with van der Waals surface area (Å²) in [6, 6.07) is 8.13. The van der Waals surface area contributed by atoms with Crippen molar-refractivity contribution in [3.8, 4) is 0 Å². The van der Waals surface area contributed by atoms with E-state index >= 15 is 0 Å². The lowest BCUT2D eigenvalue weighted by molar-refractivity contribution is -0.124. The molecule has 7 nitrogen and oxygen atoms in total. The van der Waals surface area contributed by atoms with E-state index in [0.29, 0.717) is 37.6 Å². The Hall–Kier alpha value is -3.09. The summed E-state index contributed by atoms with van der Waals surface area (Å²) >= 11 is 0. The number of para-hydroxylation sites is 1. The highest BCUT2D eigenvalue weighted by atomic mass is 16.4. The number of oxazole rings is 1. The van der Waals surface area contributed by atoms with Crippen LogP contribution in [0.15, 0.2) is 34.9 Å². The van der Waals surface area contributed by atoms with Gasteiger partial charge in [-0.2, -0.15) is 0 Å². The van der Waals surface area contributed by atoms with Crippen LogP contribution in [0.2, 0.25) is 0 Å². The molecule has 1 atom stereocenters. The Kier molecular flexibility index (Phi) is 4.90.